The van der Waals surface area contributed by atoms with Gasteiger partial charge in [0, 0.05) is 6.54 Å². The van der Waals surface area contributed by atoms with E-state index in [2.05, 4.69) is 4.74 Å². The first-order valence-corrected chi connectivity index (χ1v) is 8.62. The first-order chi connectivity index (χ1) is 10.9. The first kappa shape index (κ1) is 17.0. The predicted molar refractivity (Wildman–Crippen MR) is 89.2 cm³/mol. The lowest BCUT2D eigenvalue weighted by Crippen LogP contribution is -2.30. The summed E-state index contributed by atoms with van der Waals surface area (Å²) < 4.78 is 31.5. The number of hydrogen-bond acceptors (Lipinski definition) is 4. The molecule has 23 heavy (non-hydrogen) atoms. The van der Waals surface area contributed by atoms with Crippen LogP contribution in [0.3, 0.4) is 0 Å². The van der Waals surface area contributed by atoms with E-state index in [0.29, 0.717) is 11.3 Å². The van der Waals surface area contributed by atoms with Crippen LogP contribution in [0.5, 0.6) is 0 Å². The van der Waals surface area contributed by atoms with Gasteiger partial charge in [-0.05, 0) is 50.2 Å². The van der Waals surface area contributed by atoms with Gasteiger partial charge in [0.1, 0.15) is 0 Å². The van der Waals surface area contributed by atoms with Gasteiger partial charge < -0.3 is 4.74 Å². The van der Waals surface area contributed by atoms with Gasteiger partial charge in [-0.3, -0.25) is 4.31 Å². The van der Waals surface area contributed by atoms with Gasteiger partial charge in [-0.15, -0.1) is 0 Å². The van der Waals surface area contributed by atoms with Crippen LogP contribution in [0.15, 0.2) is 53.4 Å². The maximum absolute atomic E-state index is 12.8. The number of rotatable bonds is 5. The Balaban J connectivity index is 2.38. The molecule has 0 aromatic heterocycles. The molecule has 0 spiro atoms. The Hall–Kier alpha value is -2.34. The summed E-state index contributed by atoms with van der Waals surface area (Å²) in [6.07, 6.45) is 0. The monoisotopic (exact) mass is 333 g/mol. The van der Waals surface area contributed by atoms with Gasteiger partial charge in [-0.25, -0.2) is 13.2 Å². The summed E-state index contributed by atoms with van der Waals surface area (Å²) in [5.41, 5.74) is 1.87. The fourth-order valence-electron chi connectivity index (χ4n) is 2.21. The lowest BCUT2D eigenvalue weighted by Gasteiger charge is -2.23. The number of nitrogens with zero attached hydrogens (tertiary/aromatic N) is 1. The van der Waals surface area contributed by atoms with Crippen LogP contribution in [-0.2, 0) is 14.8 Å². The van der Waals surface area contributed by atoms with E-state index < -0.39 is 16.0 Å². The zero-order valence-electron chi connectivity index (χ0n) is 13.3. The van der Waals surface area contributed by atoms with E-state index >= 15 is 0 Å². The average molecular weight is 333 g/mol. The Morgan fingerprint density at radius 3 is 2.09 bits per heavy atom. The second-order valence-corrected chi connectivity index (χ2v) is 6.88. The number of esters is 1. The van der Waals surface area contributed by atoms with E-state index in [1.54, 1.807) is 55.5 Å². The van der Waals surface area contributed by atoms with Crippen LogP contribution in [0.4, 0.5) is 5.69 Å². The van der Waals surface area contributed by atoms with E-state index in [0.717, 1.165) is 5.56 Å². The highest BCUT2D eigenvalue weighted by Gasteiger charge is 2.23. The molecule has 2 aromatic carbocycles. The molecule has 0 heterocycles. The van der Waals surface area contributed by atoms with E-state index in [1.165, 1.54) is 11.4 Å². The van der Waals surface area contributed by atoms with Crippen LogP contribution in [-0.4, -0.2) is 28.0 Å². The Kier molecular flexibility index (Phi) is 5.05. The maximum Gasteiger partial charge on any atom is 0.337 e. The molecule has 0 aliphatic rings. The van der Waals surface area contributed by atoms with E-state index in [9.17, 15) is 13.2 Å². The third-order valence-corrected chi connectivity index (χ3v) is 5.39. The minimum atomic E-state index is -3.64. The van der Waals surface area contributed by atoms with Crippen LogP contribution < -0.4 is 4.31 Å². The van der Waals surface area contributed by atoms with E-state index in [-0.39, 0.29) is 11.4 Å². The topological polar surface area (TPSA) is 63.7 Å². The number of carbonyl (C=O) groups excluding carboxylic acids is 1. The van der Waals surface area contributed by atoms with Gasteiger partial charge in [0.2, 0.25) is 0 Å². The summed E-state index contributed by atoms with van der Waals surface area (Å²) in [5.74, 6) is -0.457. The molecular weight excluding hydrogens is 314 g/mol. The second kappa shape index (κ2) is 6.83. The summed E-state index contributed by atoms with van der Waals surface area (Å²) in [4.78, 5) is 11.7. The van der Waals surface area contributed by atoms with Crippen molar-refractivity contribution < 1.29 is 17.9 Å². The zero-order chi connectivity index (χ0) is 17.0. The summed E-state index contributed by atoms with van der Waals surface area (Å²) in [7, 11) is -2.34. The Morgan fingerprint density at radius 2 is 1.61 bits per heavy atom. The molecule has 0 saturated carbocycles. The van der Waals surface area contributed by atoms with Crippen LogP contribution in [0.2, 0.25) is 0 Å². The van der Waals surface area contributed by atoms with Crippen LogP contribution in [0.1, 0.15) is 22.8 Å². The number of carbonyl (C=O) groups is 1. The predicted octanol–water partition coefficient (Wildman–Crippen LogP) is 3.00. The molecule has 2 aromatic rings. The quantitative estimate of drug-likeness (QED) is 0.789. The van der Waals surface area contributed by atoms with E-state index in [1.807, 2.05) is 6.92 Å². The molecule has 122 valence electrons. The largest absolute Gasteiger partial charge is 0.465 e. The number of benzene rings is 2. The van der Waals surface area contributed by atoms with Crippen LogP contribution in [0.25, 0.3) is 0 Å². The molecular formula is C17H19NO4S. The highest BCUT2D eigenvalue weighted by molar-refractivity contribution is 7.92. The highest BCUT2D eigenvalue weighted by Crippen LogP contribution is 2.24. The number of ether oxygens (including phenoxy) is 1. The number of methoxy groups -OCH3 is 1. The van der Waals surface area contributed by atoms with Crippen molar-refractivity contribution in [3.05, 3.63) is 59.7 Å². The minimum absolute atomic E-state index is 0.238. The average Bonchev–Trinajstić information content (AvgIpc) is 2.55. The van der Waals surface area contributed by atoms with Crippen molar-refractivity contribution in [2.75, 3.05) is 18.0 Å². The summed E-state index contributed by atoms with van der Waals surface area (Å²) >= 11 is 0. The molecule has 0 aliphatic heterocycles. The molecule has 5 nitrogen and oxygen atoms in total. The summed E-state index contributed by atoms with van der Waals surface area (Å²) in [6, 6.07) is 13.0. The maximum atomic E-state index is 12.8. The molecule has 6 heteroatoms. The third-order valence-electron chi connectivity index (χ3n) is 3.47. The normalized spacial score (nSPS) is 11.1. The summed E-state index contributed by atoms with van der Waals surface area (Å²) in [5, 5.41) is 0. The van der Waals surface area contributed by atoms with Crippen LogP contribution in [0, 0.1) is 6.92 Å². The fourth-order valence-corrected chi connectivity index (χ4v) is 3.68. The lowest BCUT2D eigenvalue weighted by atomic mass is 10.2. The summed E-state index contributed by atoms with van der Waals surface area (Å²) in [6.45, 7) is 3.95. The molecule has 0 saturated heterocycles. The van der Waals surface area contributed by atoms with Gasteiger partial charge in [0.15, 0.2) is 0 Å². The Morgan fingerprint density at radius 1 is 1.04 bits per heavy atom. The zero-order valence-corrected chi connectivity index (χ0v) is 14.1. The van der Waals surface area contributed by atoms with Gasteiger partial charge in [0.25, 0.3) is 10.0 Å². The molecule has 0 amide bonds. The van der Waals surface area contributed by atoms with Crippen molar-refractivity contribution >= 4 is 21.7 Å². The molecule has 0 aliphatic carbocycles. The number of sulfonamides is 1. The van der Waals surface area contributed by atoms with Crippen molar-refractivity contribution in [3.63, 3.8) is 0 Å². The molecule has 0 bridgehead atoms. The van der Waals surface area contributed by atoms with Gasteiger partial charge in [0.05, 0.1) is 23.3 Å². The molecule has 0 unspecified atom stereocenters. The highest BCUT2D eigenvalue weighted by atomic mass is 32.2. The third kappa shape index (κ3) is 3.53. The van der Waals surface area contributed by atoms with Gasteiger partial charge in [-0.1, -0.05) is 17.7 Å². The second-order valence-electron chi connectivity index (χ2n) is 5.02. The SMILES string of the molecule is CCN(c1ccc(C(=O)OC)cc1)S(=O)(=O)c1ccc(C)cc1. The van der Waals surface area contributed by atoms with E-state index in [4.69, 9.17) is 0 Å². The Bertz CT molecular complexity index is 780. The molecule has 0 fully saturated rings. The Labute approximate surface area is 136 Å². The van der Waals surface area contributed by atoms with Crippen LogP contribution >= 0.6 is 0 Å². The smallest absolute Gasteiger partial charge is 0.337 e. The van der Waals surface area contributed by atoms with Crippen molar-refractivity contribution in [2.45, 2.75) is 18.7 Å². The minimum Gasteiger partial charge on any atom is -0.465 e. The molecule has 0 atom stereocenters. The fraction of sp³-hybridized carbons (Fsp3) is 0.235. The standard InChI is InChI=1S/C17H19NO4S/c1-4-18(15-9-7-14(8-10-15)17(19)22-3)23(20,21)16-11-5-13(2)6-12-16/h5-12H,4H2,1-3H3. The van der Waals surface area contributed by atoms with Gasteiger partial charge >= 0.3 is 5.97 Å². The lowest BCUT2D eigenvalue weighted by molar-refractivity contribution is 0.0601. The number of hydrogen-bond donors (Lipinski definition) is 0. The van der Waals surface area contributed by atoms with Crippen molar-refractivity contribution in [3.8, 4) is 0 Å². The van der Waals surface area contributed by atoms with Crippen molar-refractivity contribution in [1.82, 2.24) is 0 Å². The first-order valence-electron chi connectivity index (χ1n) is 7.18. The number of anilines is 1. The van der Waals surface area contributed by atoms with Crippen molar-refractivity contribution in [1.29, 1.82) is 0 Å². The van der Waals surface area contributed by atoms with Crippen molar-refractivity contribution in [2.24, 2.45) is 0 Å². The molecule has 0 N–H and O–H groups in total. The molecule has 2 rings (SSSR count). The number of aryl methyl sites for hydroxylation is 1. The molecule has 0 radical (unpaired) electrons. The van der Waals surface area contributed by atoms with Gasteiger partial charge in [-0.2, -0.15) is 0 Å².